The van der Waals surface area contributed by atoms with Crippen LogP contribution in [0.5, 0.6) is 11.5 Å². The Balaban J connectivity index is 1.39. The van der Waals surface area contributed by atoms with E-state index in [1.165, 1.54) is 11.8 Å². The van der Waals surface area contributed by atoms with E-state index in [0.717, 1.165) is 22.7 Å². The Bertz CT molecular complexity index is 1040. The normalized spacial score (nSPS) is 14.1. The van der Waals surface area contributed by atoms with Crippen LogP contribution in [-0.4, -0.2) is 44.5 Å². The van der Waals surface area contributed by atoms with Crippen LogP contribution in [0, 0.1) is 13.8 Å². The highest BCUT2D eigenvalue weighted by Crippen LogP contribution is 2.32. The molecule has 0 bridgehead atoms. The molecule has 9 heteroatoms. The molecule has 146 valence electrons. The van der Waals surface area contributed by atoms with Gasteiger partial charge in [-0.25, -0.2) is 4.98 Å². The second-order valence-electron chi connectivity index (χ2n) is 6.64. The lowest BCUT2D eigenvalue weighted by molar-refractivity contribution is -0.119. The lowest BCUT2D eigenvalue weighted by Crippen LogP contribution is -2.28. The van der Waals surface area contributed by atoms with E-state index in [-0.39, 0.29) is 17.7 Å². The molecule has 1 aliphatic rings. The van der Waals surface area contributed by atoms with E-state index in [0.29, 0.717) is 29.9 Å². The summed E-state index contributed by atoms with van der Waals surface area (Å²) in [6.45, 7) is 6.92. The molecule has 1 aliphatic heterocycles. The number of thioether (sulfide) groups is 1. The standard InChI is InChI=1S/C19H21N5O3S/c1-11-8-12(2)24-18(20-11)22-23-19(24)28-10-17(25)21-13(3)14-4-5-15-16(9-14)27-7-6-26-15/h4-5,8-9,13H,6-7,10H2,1-3H3,(H,21,25). The number of carbonyl (C=O) groups excluding carboxylic acids is 1. The molecular weight excluding hydrogens is 378 g/mol. The third kappa shape index (κ3) is 3.75. The fourth-order valence-electron chi connectivity index (χ4n) is 3.12. The van der Waals surface area contributed by atoms with Crippen molar-refractivity contribution in [1.82, 2.24) is 24.9 Å². The zero-order valence-electron chi connectivity index (χ0n) is 15.9. The topological polar surface area (TPSA) is 90.6 Å². The number of hydrogen-bond acceptors (Lipinski definition) is 7. The first-order valence-electron chi connectivity index (χ1n) is 9.02. The molecule has 0 spiro atoms. The van der Waals surface area contributed by atoms with Crippen LogP contribution >= 0.6 is 11.8 Å². The van der Waals surface area contributed by atoms with Crippen molar-refractivity contribution in [2.24, 2.45) is 0 Å². The average Bonchev–Trinajstić information content (AvgIpc) is 3.09. The Morgan fingerprint density at radius 3 is 2.82 bits per heavy atom. The van der Waals surface area contributed by atoms with Crippen molar-refractivity contribution in [3.63, 3.8) is 0 Å². The van der Waals surface area contributed by atoms with Gasteiger partial charge in [0.15, 0.2) is 16.7 Å². The highest BCUT2D eigenvalue weighted by molar-refractivity contribution is 7.99. The summed E-state index contributed by atoms with van der Waals surface area (Å²) in [7, 11) is 0. The van der Waals surface area contributed by atoms with Crippen LogP contribution in [-0.2, 0) is 4.79 Å². The number of ether oxygens (including phenoxy) is 2. The highest BCUT2D eigenvalue weighted by atomic mass is 32.2. The average molecular weight is 399 g/mol. The first-order valence-corrected chi connectivity index (χ1v) is 10.0. The van der Waals surface area contributed by atoms with Crippen LogP contribution in [0.25, 0.3) is 5.78 Å². The fraction of sp³-hybridized carbons (Fsp3) is 0.368. The summed E-state index contributed by atoms with van der Waals surface area (Å²) in [5.41, 5.74) is 2.84. The summed E-state index contributed by atoms with van der Waals surface area (Å²) < 4.78 is 13.0. The number of nitrogens with one attached hydrogen (secondary N) is 1. The first-order chi connectivity index (χ1) is 13.5. The molecule has 0 aliphatic carbocycles. The maximum absolute atomic E-state index is 12.4. The molecule has 4 rings (SSSR count). The maximum Gasteiger partial charge on any atom is 0.256 e. The predicted octanol–water partition coefficient (Wildman–Crippen LogP) is 2.48. The molecule has 0 fully saturated rings. The summed E-state index contributed by atoms with van der Waals surface area (Å²) in [6, 6.07) is 7.54. The summed E-state index contributed by atoms with van der Waals surface area (Å²) >= 11 is 1.34. The molecule has 3 heterocycles. The van der Waals surface area contributed by atoms with Gasteiger partial charge in [-0.2, -0.15) is 0 Å². The maximum atomic E-state index is 12.4. The Morgan fingerprint density at radius 1 is 1.21 bits per heavy atom. The number of fused-ring (bicyclic) bond motifs is 2. The van der Waals surface area contributed by atoms with Gasteiger partial charge in [-0.1, -0.05) is 17.8 Å². The Hall–Kier alpha value is -2.81. The predicted molar refractivity (Wildman–Crippen MR) is 105 cm³/mol. The molecule has 3 aromatic rings. The van der Waals surface area contributed by atoms with Crippen molar-refractivity contribution in [3.05, 3.63) is 41.2 Å². The summed E-state index contributed by atoms with van der Waals surface area (Å²) in [4.78, 5) is 16.8. The molecule has 8 nitrogen and oxygen atoms in total. The second-order valence-corrected chi connectivity index (χ2v) is 7.58. The molecule has 28 heavy (non-hydrogen) atoms. The minimum absolute atomic E-state index is 0.0816. The number of rotatable bonds is 5. The minimum atomic E-state index is -0.148. The molecule has 0 radical (unpaired) electrons. The minimum Gasteiger partial charge on any atom is -0.486 e. The van der Waals surface area contributed by atoms with Gasteiger partial charge in [0.2, 0.25) is 5.91 Å². The number of hydrogen-bond donors (Lipinski definition) is 1. The van der Waals surface area contributed by atoms with Crippen molar-refractivity contribution in [2.75, 3.05) is 19.0 Å². The number of carbonyl (C=O) groups is 1. The Labute approximate surface area is 166 Å². The van der Waals surface area contributed by atoms with Crippen LogP contribution < -0.4 is 14.8 Å². The smallest absolute Gasteiger partial charge is 0.256 e. The van der Waals surface area contributed by atoms with Crippen LogP contribution in [0.2, 0.25) is 0 Å². The van der Waals surface area contributed by atoms with Crippen molar-refractivity contribution < 1.29 is 14.3 Å². The molecule has 1 N–H and O–H groups in total. The zero-order chi connectivity index (χ0) is 19.7. The molecule has 1 unspecified atom stereocenters. The van der Waals surface area contributed by atoms with E-state index >= 15 is 0 Å². The van der Waals surface area contributed by atoms with Gasteiger partial charge in [0.1, 0.15) is 13.2 Å². The number of amides is 1. The number of nitrogens with zero attached hydrogens (tertiary/aromatic N) is 4. The highest BCUT2D eigenvalue weighted by Gasteiger charge is 2.17. The van der Waals surface area contributed by atoms with Gasteiger partial charge in [0.25, 0.3) is 5.78 Å². The van der Waals surface area contributed by atoms with Gasteiger partial charge in [-0.05, 0) is 44.5 Å². The van der Waals surface area contributed by atoms with E-state index in [1.807, 2.05) is 49.4 Å². The largest absolute Gasteiger partial charge is 0.486 e. The Kier molecular flexibility index (Phi) is 5.08. The monoisotopic (exact) mass is 399 g/mol. The van der Waals surface area contributed by atoms with E-state index in [2.05, 4.69) is 20.5 Å². The second kappa shape index (κ2) is 7.67. The molecule has 1 aromatic carbocycles. The summed E-state index contributed by atoms with van der Waals surface area (Å²) in [6.07, 6.45) is 0. The van der Waals surface area contributed by atoms with Gasteiger partial charge in [-0.3, -0.25) is 9.20 Å². The molecule has 1 atom stereocenters. The van der Waals surface area contributed by atoms with Crippen molar-refractivity contribution >= 4 is 23.4 Å². The quantitative estimate of drug-likeness (QED) is 0.659. The zero-order valence-corrected chi connectivity index (χ0v) is 16.7. The van der Waals surface area contributed by atoms with E-state index < -0.39 is 0 Å². The molecular formula is C19H21N5O3S. The van der Waals surface area contributed by atoms with Crippen LogP contribution in [0.4, 0.5) is 0 Å². The lowest BCUT2D eigenvalue weighted by Gasteiger charge is -2.21. The summed E-state index contributed by atoms with van der Waals surface area (Å²) in [5.74, 6) is 2.16. The molecule has 0 saturated carbocycles. The van der Waals surface area contributed by atoms with Crippen LogP contribution in [0.1, 0.15) is 29.9 Å². The number of benzene rings is 1. The number of aryl methyl sites for hydroxylation is 2. The van der Waals surface area contributed by atoms with Crippen LogP contribution in [0.15, 0.2) is 29.4 Å². The summed E-state index contributed by atoms with van der Waals surface area (Å²) in [5, 5.41) is 11.9. The SMILES string of the molecule is Cc1cc(C)n2c(SCC(=O)NC(C)c3ccc4c(c3)OCCO4)nnc2n1. The van der Waals surface area contributed by atoms with Gasteiger partial charge < -0.3 is 14.8 Å². The van der Waals surface area contributed by atoms with Crippen molar-refractivity contribution in [1.29, 1.82) is 0 Å². The molecule has 1 amide bonds. The lowest BCUT2D eigenvalue weighted by atomic mass is 10.1. The first kappa shape index (κ1) is 18.5. The van der Waals surface area contributed by atoms with Gasteiger partial charge >= 0.3 is 0 Å². The Morgan fingerprint density at radius 2 is 2.00 bits per heavy atom. The van der Waals surface area contributed by atoms with Gasteiger partial charge in [-0.15, -0.1) is 10.2 Å². The third-order valence-electron chi connectivity index (χ3n) is 4.44. The molecule has 2 aromatic heterocycles. The molecule has 0 saturated heterocycles. The van der Waals surface area contributed by atoms with Crippen LogP contribution in [0.3, 0.4) is 0 Å². The van der Waals surface area contributed by atoms with E-state index in [4.69, 9.17) is 9.47 Å². The van der Waals surface area contributed by atoms with Gasteiger partial charge in [0, 0.05) is 11.4 Å². The number of aromatic nitrogens is 4. The van der Waals surface area contributed by atoms with Crippen molar-refractivity contribution in [2.45, 2.75) is 32.0 Å². The van der Waals surface area contributed by atoms with Crippen molar-refractivity contribution in [3.8, 4) is 11.5 Å². The van der Waals surface area contributed by atoms with E-state index in [9.17, 15) is 4.79 Å². The third-order valence-corrected chi connectivity index (χ3v) is 5.37. The fourth-order valence-corrected chi connectivity index (χ4v) is 3.92. The van der Waals surface area contributed by atoms with Gasteiger partial charge in [0.05, 0.1) is 11.8 Å². The van der Waals surface area contributed by atoms with E-state index in [1.54, 1.807) is 0 Å².